The van der Waals surface area contributed by atoms with Crippen LogP contribution in [-0.4, -0.2) is 34.0 Å². The molecule has 1 atom stereocenters. The van der Waals surface area contributed by atoms with Gasteiger partial charge in [-0.3, -0.25) is 4.79 Å². The minimum absolute atomic E-state index is 0.256. The van der Waals surface area contributed by atoms with Crippen LogP contribution in [-0.2, 0) is 9.59 Å². The molecule has 1 heterocycles. The second kappa shape index (κ2) is 5.99. The third kappa shape index (κ3) is 2.91. The summed E-state index contributed by atoms with van der Waals surface area (Å²) < 4.78 is 0. The standard InChI is InChI=1S/C16H20N2O3/c1-2-16(15(20)21)10-3-11-18(16)14(19)9-6-12-4-7-13(17)8-5-12/h4-9H,2-3,10-11,17H2,1H3,(H,20,21)/b9-6+. The molecule has 3 N–H and O–H groups in total. The summed E-state index contributed by atoms with van der Waals surface area (Å²) in [6, 6.07) is 7.14. The molecule has 0 saturated carbocycles. The number of rotatable bonds is 4. The maximum Gasteiger partial charge on any atom is 0.329 e. The molecular formula is C16H20N2O3. The number of amides is 1. The minimum Gasteiger partial charge on any atom is -0.479 e. The zero-order valence-electron chi connectivity index (χ0n) is 12.1. The number of likely N-dealkylation sites (tertiary alicyclic amines) is 1. The number of nitrogens with zero attached hydrogens (tertiary/aromatic N) is 1. The summed E-state index contributed by atoms with van der Waals surface area (Å²) >= 11 is 0. The third-order valence-electron chi connectivity index (χ3n) is 4.09. The van der Waals surface area contributed by atoms with Crippen molar-refractivity contribution in [3.05, 3.63) is 35.9 Å². The first kappa shape index (κ1) is 15.1. The Bertz CT molecular complexity index is 565. The molecule has 21 heavy (non-hydrogen) atoms. The van der Waals surface area contributed by atoms with Gasteiger partial charge < -0.3 is 15.7 Å². The molecule has 0 spiro atoms. The number of nitrogens with two attached hydrogens (primary N) is 1. The number of nitrogen functional groups attached to an aromatic ring is 1. The number of carbonyl (C=O) groups is 2. The molecule has 1 unspecified atom stereocenters. The highest BCUT2D eigenvalue weighted by Gasteiger charge is 2.47. The van der Waals surface area contributed by atoms with Crippen LogP contribution in [0.3, 0.4) is 0 Å². The quantitative estimate of drug-likeness (QED) is 0.656. The van der Waals surface area contributed by atoms with Crippen LogP contribution in [0.25, 0.3) is 6.08 Å². The van der Waals surface area contributed by atoms with Crippen molar-refractivity contribution < 1.29 is 14.7 Å². The van der Waals surface area contributed by atoms with Crippen molar-refractivity contribution in [3.63, 3.8) is 0 Å². The Kier molecular flexibility index (Phi) is 4.31. The van der Waals surface area contributed by atoms with E-state index in [0.29, 0.717) is 25.1 Å². The van der Waals surface area contributed by atoms with Crippen LogP contribution >= 0.6 is 0 Å². The predicted octanol–water partition coefficient (Wildman–Crippen LogP) is 2.14. The predicted molar refractivity (Wildman–Crippen MR) is 81.5 cm³/mol. The van der Waals surface area contributed by atoms with Crippen LogP contribution in [0.2, 0.25) is 0 Å². The van der Waals surface area contributed by atoms with E-state index in [2.05, 4.69) is 0 Å². The van der Waals surface area contributed by atoms with E-state index in [1.165, 1.54) is 11.0 Å². The molecule has 112 valence electrons. The van der Waals surface area contributed by atoms with Gasteiger partial charge in [0.25, 0.3) is 0 Å². The number of carbonyl (C=O) groups excluding carboxylic acids is 1. The molecule has 2 rings (SSSR count). The van der Waals surface area contributed by atoms with Crippen molar-refractivity contribution in [2.45, 2.75) is 31.7 Å². The number of hydrogen-bond donors (Lipinski definition) is 2. The van der Waals surface area contributed by atoms with Gasteiger partial charge in [0.1, 0.15) is 5.54 Å². The van der Waals surface area contributed by atoms with Crippen LogP contribution in [0.4, 0.5) is 5.69 Å². The normalized spacial score (nSPS) is 21.9. The summed E-state index contributed by atoms with van der Waals surface area (Å²) in [6.07, 6.45) is 4.78. The van der Waals surface area contributed by atoms with Crippen LogP contribution in [0, 0.1) is 0 Å². The molecule has 1 aromatic rings. The molecule has 0 aromatic heterocycles. The van der Waals surface area contributed by atoms with Crippen LogP contribution in [0.1, 0.15) is 31.7 Å². The van der Waals surface area contributed by atoms with Crippen LogP contribution in [0.5, 0.6) is 0 Å². The van der Waals surface area contributed by atoms with Crippen molar-refractivity contribution in [3.8, 4) is 0 Å². The molecular weight excluding hydrogens is 268 g/mol. The summed E-state index contributed by atoms with van der Waals surface area (Å²) in [5.41, 5.74) is 6.07. The number of carboxylic acid groups (broad SMARTS) is 1. The van der Waals surface area contributed by atoms with Gasteiger partial charge in [-0.05, 0) is 43.0 Å². The molecule has 1 aliphatic heterocycles. The van der Waals surface area contributed by atoms with E-state index in [1.54, 1.807) is 18.2 Å². The largest absolute Gasteiger partial charge is 0.479 e. The van der Waals surface area contributed by atoms with Gasteiger partial charge in [0.2, 0.25) is 5.91 Å². The van der Waals surface area contributed by atoms with E-state index >= 15 is 0 Å². The molecule has 1 aromatic carbocycles. The summed E-state index contributed by atoms with van der Waals surface area (Å²) in [4.78, 5) is 25.3. The van der Waals surface area contributed by atoms with Crippen LogP contribution < -0.4 is 5.73 Å². The van der Waals surface area contributed by atoms with E-state index in [-0.39, 0.29) is 5.91 Å². The van der Waals surface area contributed by atoms with Gasteiger partial charge in [-0.1, -0.05) is 19.1 Å². The van der Waals surface area contributed by atoms with Crippen molar-refractivity contribution in [1.29, 1.82) is 0 Å². The van der Waals surface area contributed by atoms with Crippen molar-refractivity contribution in [1.82, 2.24) is 4.90 Å². The Morgan fingerprint density at radius 3 is 2.62 bits per heavy atom. The molecule has 1 amide bonds. The average molecular weight is 288 g/mol. The SMILES string of the molecule is CCC1(C(=O)O)CCCN1C(=O)/C=C/c1ccc(N)cc1. The lowest BCUT2D eigenvalue weighted by Crippen LogP contribution is -2.52. The first-order valence-electron chi connectivity index (χ1n) is 7.08. The first-order chi connectivity index (χ1) is 9.99. The second-order valence-corrected chi connectivity index (χ2v) is 5.28. The Morgan fingerprint density at radius 1 is 1.38 bits per heavy atom. The Balaban J connectivity index is 2.15. The van der Waals surface area contributed by atoms with E-state index in [9.17, 15) is 14.7 Å². The first-order valence-corrected chi connectivity index (χ1v) is 7.08. The molecule has 1 fully saturated rings. The fourth-order valence-corrected chi connectivity index (χ4v) is 2.81. The van der Waals surface area contributed by atoms with Gasteiger partial charge in [-0.15, -0.1) is 0 Å². The molecule has 1 saturated heterocycles. The Hall–Kier alpha value is -2.30. The zero-order chi connectivity index (χ0) is 15.5. The highest BCUT2D eigenvalue weighted by atomic mass is 16.4. The monoisotopic (exact) mass is 288 g/mol. The maximum atomic E-state index is 12.3. The van der Waals surface area contributed by atoms with Gasteiger partial charge >= 0.3 is 5.97 Å². The smallest absolute Gasteiger partial charge is 0.329 e. The summed E-state index contributed by atoms with van der Waals surface area (Å²) in [5.74, 6) is -1.18. The molecule has 0 radical (unpaired) electrons. The number of benzene rings is 1. The van der Waals surface area contributed by atoms with Crippen molar-refractivity contribution in [2.24, 2.45) is 0 Å². The van der Waals surface area contributed by atoms with Gasteiger partial charge in [0.15, 0.2) is 0 Å². The highest BCUT2D eigenvalue weighted by molar-refractivity contribution is 5.96. The van der Waals surface area contributed by atoms with E-state index < -0.39 is 11.5 Å². The van der Waals surface area contributed by atoms with E-state index in [1.807, 2.05) is 19.1 Å². The van der Waals surface area contributed by atoms with Gasteiger partial charge in [0.05, 0.1) is 0 Å². The fourth-order valence-electron chi connectivity index (χ4n) is 2.81. The lowest BCUT2D eigenvalue weighted by Gasteiger charge is -2.33. The number of aliphatic carboxylic acids is 1. The number of anilines is 1. The number of hydrogen-bond acceptors (Lipinski definition) is 3. The molecule has 1 aliphatic rings. The zero-order valence-corrected chi connectivity index (χ0v) is 12.1. The highest BCUT2D eigenvalue weighted by Crippen LogP contribution is 2.33. The van der Waals surface area contributed by atoms with E-state index in [0.717, 1.165) is 12.0 Å². The molecule has 0 aliphatic carbocycles. The van der Waals surface area contributed by atoms with Crippen LogP contribution in [0.15, 0.2) is 30.3 Å². The van der Waals surface area contributed by atoms with Gasteiger partial charge in [-0.2, -0.15) is 0 Å². The summed E-state index contributed by atoms with van der Waals surface area (Å²) in [5, 5.41) is 9.47. The fraction of sp³-hybridized carbons (Fsp3) is 0.375. The average Bonchev–Trinajstić information content (AvgIpc) is 2.91. The molecule has 0 bridgehead atoms. The second-order valence-electron chi connectivity index (χ2n) is 5.28. The summed E-state index contributed by atoms with van der Waals surface area (Å²) in [7, 11) is 0. The topological polar surface area (TPSA) is 83.6 Å². The lowest BCUT2D eigenvalue weighted by atomic mass is 9.93. The van der Waals surface area contributed by atoms with Crippen molar-refractivity contribution >= 4 is 23.6 Å². The van der Waals surface area contributed by atoms with Gasteiger partial charge in [0, 0.05) is 18.3 Å². The Morgan fingerprint density at radius 2 is 2.05 bits per heavy atom. The minimum atomic E-state index is -1.05. The molecule has 5 nitrogen and oxygen atoms in total. The molecule has 5 heteroatoms. The Labute approximate surface area is 124 Å². The maximum absolute atomic E-state index is 12.3. The van der Waals surface area contributed by atoms with Gasteiger partial charge in [-0.25, -0.2) is 4.79 Å². The third-order valence-corrected chi connectivity index (χ3v) is 4.09. The van der Waals surface area contributed by atoms with Crippen molar-refractivity contribution in [2.75, 3.05) is 12.3 Å². The van der Waals surface area contributed by atoms with E-state index in [4.69, 9.17) is 5.73 Å². The summed E-state index contributed by atoms with van der Waals surface area (Å²) in [6.45, 7) is 2.30. The lowest BCUT2D eigenvalue weighted by molar-refractivity contribution is -0.155. The number of carboxylic acids is 1.